The molecule has 0 radical (unpaired) electrons. The summed E-state index contributed by atoms with van der Waals surface area (Å²) >= 11 is 1.24. The number of thiophene rings is 1. The molecule has 0 aliphatic carbocycles. The van der Waals surface area contributed by atoms with Crippen LogP contribution >= 0.6 is 11.3 Å². The van der Waals surface area contributed by atoms with Crippen molar-refractivity contribution in [2.24, 2.45) is 0 Å². The van der Waals surface area contributed by atoms with Crippen LogP contribution in [0.15, 0.2) is 64.4 Å². The Morgan fingerprint density at radius 3 is 2.74 bits per heavy atom. The van der Waals surface area contributed by atoms with Gasteiger partial charge in [0.1, 0.15) is 4.21 Å². The van der Waals surface area contributed by atoms with Crippen LogP contribution in [-0.2, 0) is 16.4 Å². The van der Waals surface area contributed by atoms with Gasteiger partial charge >= 0.3 is 0 Å². The normalized spacial score (nSPS) is 17.9. The molecular formula is C16H15N3O2S2. The second-order valence-corrected chi connectivity index (χ2v) is 8.48. The molecule has 0 saturated carbocycles. The van der Waals surface area contributed by atoms with Crippen molar-refractivity contribution in [1.82, 2.24) is 9.78 Å². The number of sulfonamides is 1. The highest BCUT2D eigenvalue weighted by Crippen LogP contribution is 2.36. The Morgan fingerprint density at radius 1 is 1.13 bits per heavy atom. The molecular weight excluding hydrogens is 330 g/mol. The van der Waals surface area contributed by atoms with Crippen LogP contribution in [0.5, 0.6) is 0 Å². The maximum Gasteiger partial charge on any atom is 0.273 e. The van der Waals surface area contributed by atoms with Gasteiger partial charge in [0.15, 0.2) is 0 Å². The van der Waals surface area contributed by atoms with Crippen molar-refractivity contribution < 1.29 is 8.42 Å². The number of benzene rings is 1. The molecule has 0 bridgehead atoms. The van der Waals surface area contributed by atoms with Crippen molar-refractivity contribution in [1.29, 1.82) is 0 Å². The van der Waals surface area contributed by atoms with Crippen molar-refractivity contribution in [3.05, 3.63) is 65.8 Å². The zero-order valence-corrected chi connectivity index (χ0v) is 13.9. The topological polar surface area (TPSA) is 55.2 Å². The summed E-state index contributed by atoms with van der Waals surface area (Å²) in [5.41, 5.74) is 1.80. The predicted octanol–water partition coefficient (Wildman–Crippen LogP) is 2.94. The van der Waals surface area contributed by atoms with Crippen LogP contribution in [0.2, 0.25) is 0 Å². The molecule has 5 nitrogen and oxygen atoms in total. The van der Waals surface area contributed by atoms with E-state index in [-0.39, 0.29) is 6.04 Å². The summed E-state index contributed by atoms with van der Waals surface area (Å²) in [5, 5.41) is 6.08. The molecule has 3 aromatic rings. The second-order valence-electron chi connectivity index (χ2n) is 5.44. The first kappa shape index (κ1) is 14.5. The maximum atomic E-state index is 13.0. The fourth-order valence-corrected chi connectivity index (χ4v) is 5.60. The Labute approximate surface area is 138 Å². The number of anilines is 1. The van der Waals surface area contributed by atoms with E-state index in [1.54, 1.807) is 23.7 Å². The minimum atomic E-state index is -3.55. The predicted molar refractivity (Wildman–Crippen MR) is 90.3 cm³/mol. The summed E-state index contributed by atoms with van der Waals surface area (Å²) in [4.78, 5) is 0. The Balaban J connectivity index is 1.82. The van der Waals surface area contributed by atoms with Crippen LogP contribution in [0.4, 0.5) is 5.69 Å². The van der Waals surface area contributed by atoms with Crippen LogP contribution < -0.4 is 4.31 Å². The van der Waals surface area contributed by atoms with Gasteiger partial charge in [-0.3, -0.25) is 8.99 Å². The van der Waals surface area contributed by atoms with Gasteiger partial charge in [-0.1, -0.05) is 24.3 Å². The molecule has 0 saturated heterocycles. The molecule has 7 heteroatoms. The molecule has 118 valence electrons. The summed E-state index contributed by atoms with van der Waals surface area (Å²) < 4.78 is 29.8. The number of nitrogens with zero attached hydrogens (tertiary/aromatic N) is 3. The highest BCUT2D eigenvalue weighted by molar-refractivity contribution is 7.94. The van der Waals surface area contributed by atoms with Crippen LogP contribution in [0.3, 0.4) is 0 Å². The van der Waals surface area contributed by atoms with Gasteiger partial charge in [-0.2, -0.15) is 5.10 Å². The van der Waals surface area contributed by atoms with Gasteiger partial charge in [0.2, 0.25) is 0 Å². The SMILES string of the molecule is O=S(=O)(c1cccs1)N1CC(n2cccn2)Cc2ccccc21. The van der Waals surface area contributed by atoms with Gasteiger partial charge in [0, 0.05) is 12.4 Å². The molecule has 1 aromatic carbocycles. The lowest BCUT2D eigenvalue weighted by atomic mass is 10.00. The first-order chi connectivity index (χ1) is 11.2. The summed E-state index contributed by atoms with van der Waals surface area (Å²) in [7, 11) is -3.55. The van der Waals surface area contributed by atoms with E-state index in [1.165, 1.54) is 15.6 Å². The minimum absolute atomic E-state index is 0.00497. The van der Waals surface area contributed by atoms with Crippen LogP contribution in [0.25, 0.3) is 0 Å². The molecule has 0 spiro atoms. The third-order valence-electron chi connectivity index (χ3n) is 4.03. The van der Waals surface area contributed by atoms with Crippen molar-refractivity contribution >= 4 is 27.0 Å². The second kappa shape index (κ2) is 5.50. The zero-order valence-electron chi connectivity index (χ0n) is 12.2. The first-order valence-electron chi connectivity index (χ1n) is 7.29. The third kappa shape index (κ3) is 2.46. The quantitative estimate of drug-likeness (QED) is 0.733. The first-order valence-corrected chi connectivity index (χ1v) is 9.61. The zero-order chi connectivity index (χ0) is 15.9. The molecule has 2 aromatic heterocycles. The average Bonchev–Trinajstić information content (AvgIpc) is 3.27. The number of hydrogen-bond donors (Lipinski definition) is 0. The Hall–Kier alpha value is -2.12. The Bertz CT molecular complexity index is 903. The number of para-hydroxylation sites is 1. The number of aromatic nitrogens is 2. The summed E-state index contributed by atoms with van der Waals surface area (Å²) in [6.45, 7) is 0.388. The Kier molecular flexibility index (Phi) is 3.46. The standard InChI is InChI=1S/C16H15N3O2S2/c20-23(21,16-7-3-10-22-16)19-12-14(18-9-4-8-17-18)11-13-5-1-2-6-15(13)19/h1-10,14H,11-12H2. The van der Waals surface area contributed by atoms with Gasteiger partial charge in [-0.05, 0) is 35.6 Å². The van der Waals surface area contributed by atoms with E-state index in [9.17, 15) is 8.42 Å². The van der Waals surface area contributed by atoms with Crippen molar-refractivity contribution in [3.8, 4) is 0 Å². The third-order valence-corrected chi connectivity index (χ3v) is 7.18. The summed E-state index contributed by atoms with van der Waals surface area (Å²) in [6, 6.07) is 13.0. The summed E-state index contributed by atoms with van der Waals surface area (Å²) in [6.07, 6.45) is 4.38. The molecule has 1 aliphatic rings. The summed E-state index contributed by atoms with van der Waals surface area (Å²) in [5.74, 6) is 0. The largest absolute Gasteiger partial charge is 0.273 e. The lowest BCUT2D eigenvalue weighted by Gasteiger charge is -2.35. The molecule has 0 amide bonds. The van der Waals surface area contributed by atoms with E-state index in [0.717, 1.165) is 17.7 Å². The van der Waals surface area contributed by atoms with Gasteiger partial charge in [-0.25, -0.2) is 8.42 Å². The number of rotatable bonds is 3. The number of hydrogen-bond acceptors (Lipinski definition) is 4. The van der Waals surface area contributed by atoms with Gasteiger partial charge < -0.3 is 0 Å². The molecule has 4 rings (SSSR count). The smallest absolute Gasteiger partial charge is 0.268 e. The molecule has 1 atom stereocenters. The fraction of sp³-hybridized carbons (Fsp3) is 0.188. The number of fused-ring (bicyclic) bond motifs is 1. The van der Waals surface area contributed by atoms with Crippen LogP contribution in [-0.4, -0.2) is 24.7 Å². The van der Waals surface area contributed by atoms with Crippen molar-refractivity contribution in [2.75, 3.05) is 10.8 Å². The molecule has 3 heterocycles. The van der Waals surface area contributed by atoms with E-state index in [4.69, 9.17) is 0 Å². The monoisotopic (exact) mass is 345 g/mol. The fourth-order valence-electron chi connectivity index (χ4n) is 2.96. The lowest BCUT2D eigenvalue weighted by Crippen LogP contribution is -2.40. The van der Waals surface area contributed by atoms with Gasteiger partial charge in [0.25, 0.3) is 10.0 Å². The Morgan fingerprint density at radius 2 is 2.00 bits per heavy atom. The van der Waals surface area contributed by atoms with E-state index in [0.29, 0.717) is 10.8 Å². The lowest BCUT2D eigenvalue weighted by molar-refractivity contribution is 0.446. The average molecular weight is 345 g/mol. The van der Waals surface area contributed by atoms with Crippen LogP contribution in [0, 0.1) is 0 Å². The highest BCUT2D eigenvalue weighted by Gasteiger charge is 2.34. The van der Waals surface area contributed by atoms with Gasteiger partial charge in [-0.15, -0.1) is 11.3 Å². The van der Waals surface area contributed by atoms with E-state index in [1.807, 2.05) is 41.2 Å². The van der Waals surface area contributed by atoms with Gasteiger partial charge in [0.05, 0.1) is 18.3 Å². The van der Waals surface area contributed by atoms with Crippen molar-refractivity contribution in [3.63, 3.8) is 0 Å². The van der Waals surface area contributed by atoms with Crippen molar-refractivity contribution in [2.45, 2.75) is 16.7 Å². The van der Waals surface area contributed by atoms with E-state index >= 15 is 0 Å². The molecule has 1 aliphatic heterocycles. The molecule has 0 fully saturated rings. The molecule has 0 N–H and O–H groups in total. The molecule has 23 heavy (non-hydrogen) atoms. The van der Waals surface area contributed by atoms with E-state index in [2.05, 4.69) is 5.10 Å². The maximum absolute atomic E-state index is 13.0. The van der Waals surface area contributed by atoms with Crippen LogP contribution in [0.1, 0.15) is 11.6 Å². The minimum Gasteiger partial charge on any atom is -0.268 e. The molecule has 1 unspecified atom stereocenters. The highest BCUT2D eigenvalue weighted by atomic mass is 32.2. The van der Waals surface area contributed by atoms with E-state index < -0.39 is 10.0 Å².